The second-order valence-corrected chi connectivity index (χ2v) is 6.55. The van der Waals surface area contributed by atoms with Gasteiger partial charge in [0.05, 0.1) is 12.0 Å². The molecule has 0 aromatic rings. The molecule has 2 fully saturated rings. The number of urea groups is 1. The van der Waals surface area contributed by atoms with Crippen molar-refractivity contribution in [3.8, 4) is 0 Å². The SMILES string of the molecule is CC(C)N1CC(NC(=O)NC2CCC(C(=O)O)CC2)CC1=O. The molecule has 3 amide bonds. The summed E-state index contributed by atoms with van der Waals surface area (Å²) in [4.78, 5) is 36.5. The summed E-state index contributed by atoms with van der Waals surface area (Å²) in [6.07, 6.45) is 2.92. The van der Waals surface area contributed by atoms with Crippen molar-refractivity contribution in [1.29, 1.82) is 0 Å². The Morgan fingerprint density at radius 1 is 1.14 bits per heavy atom. The third-order valence-electron chi connectivity index (χ3n) is 4.53. The molecule has 124 valence electrons. The van der Waals surface area contributed by atoms with Gasteiger partial charge in [-0.15, -0.1) is 0 Å². The van der Waals surface area contributed by atoms with Crippen LogP contribution < -0.4 is 10.6 Å². The summed E-state index contributed by atoms with van der Waals surface area (Å²) >= 11 is 0. The quantitative estimate of drug-likeness (QED) is 0.719. The maximum absolute atomic E-state index is 12.0. The minimum absolute atomic E-state index is 0.0221. The zero-order chi connectivity index (χ0) is 16.3. The van der Waals surface area contributed by atoms with E-state index in [1.54, 1.807) is 4.90 Å². The number of carbonyl (C=O) groups is 3. The molecule has 2 aliphatic rings. The number of nitrogens with one attached hydrogen (secondary N) is 2. The monoisotopic (exact) mass is 311 g/mol. The molecule has 0 aromatic heterocycles. The fraction of sp³-hybridized carbons (Fsp3) is 0.800. The normalized spacial score (nSPS) is 28.8. The highest BCUT2D eigenvalue weighted by Gasteiger charge is 2.32. The summed E-state index contributed by atoms with van der Waals surface area (Å²) in [5.74, 6) is -0.962. The van der Waals surface area contributed by atoms with Crippen molar-refractivity contribution in [2.24, 2.45) is 5.92 Å². The van der Waals surface area contributed by atoms with E-state index in [2.05, 4.69) is 10.6 Å². The van der Waals surface area contributed by atoms with E-state index in [0.717, 1.165) is 0 Å². The molecule has 1 saturated carbocycles. The van der Waals surface area contributed by atoms with Gasteiger partial charge in [0.15, 0.2) is 0 Å². The molecule has 1 atom stereocenters. The number of hydrogen-bond donors (Lipinski definition) is 3. The Bertz CT molecular complexity index is 444. The number of amides is 3. The molecule has 0 aromatic carbocycles. The summed E-state index contributed by atoms with van der Waals surface area (Å²) < 4.78 is 0. The lowest BCUT2D eigenvalue weighted by Crippen LogP contribution is -2.48. The summed E-state index contributed by atoms with van der Waals surface area (Å²) in [6.45, 7) is 4.47. The fourth-order valence-corrected chi connectivity index (χ4v) is 3.22. The molecule has 2 rings (SSSR count). The van der Waals surface area contributed by atoms with Gasteiger partial charge in [0.1, 0.15) is 0 Å². The smallest absolute Gasteiger partial charge is 0.315 e. The topological polar surface area (TPSA) is 98.7 Å². The van der Waals surface area contributed by atoms with Crippen LogP contribution in [0.1, 0.15) is 46.0 Å². The van der Waals surface area contributed by atoms with Gasteiger partial charge in [0.25, 0.3) is 0 Å². The highest BCUT2D eigenvalue weighted by atomic mass is 16.4. The standard InChI is InChI=1S/C15H25N3O4/c1-9(2)18-8-12(7-13(18)19)17-15(22)16-11-5-3-10(4-6-11)14(20)21/h9-12H,3-8H2,1-2H3,(H,20,21)(H2,16,17,22). The largest absolute Gasteiger partial charge is 0.481 e. The number of rotatable bonds is 4. The van der Waals surface area contributed by atoms with E-state index in [9.17, 15) is 14.4 Å². The highest BCUT2D eigenvalue weighted by molar-refractivity contribution is 5.82. The first-order valence-electron chi connectivity index (χ1n) is 7.96. The number of carbonyl (C=O) groups excluding carboxylic acids is 2. The average molecular weight is 311 g/mol. The Morgan fingerprint density at radius 2 is 1.73 bits per heavy atom. The Hall–Kier alpha value is -1.79. The number of nitrogens with zero attached hydrogens (tertiary/aromatic N) is 1. The molecule has 3 N–H and O–H groups in total. The lowest BCUT2D eigenvalue weighted by molar-refractivity contribution is -0.142. The van der Waals surface area contributed by atoms with E-state index in [1.807, 2.05) is 13.8 Å². The van der Waals surface area contributed by atoms with Crippen molar-refractivity contribution in [2.45, 2.75) is 64.1 Å². The van der Waals surface area contributed by atoms with E-state index >= 15 is 0 Å². The molecule has 0 spiro atoms. The summed E-state index contributed by atoms with van der Waals surface area (Å²) in [5.41, 5.74) is 0. The third kappa shape index (κ3) is 4.11. The van der Waals surface area contributed by atoms with E-state index in [4.69, 9.17) is 5.11 Å². The number of likely N-dealkylation sites (tertiary alicyclic amines) is 1. The zero-order valence-electron chi connectivity index (χ0n) is 13.2. The second kappa shape index (κ2) is 6.98. The maximum atomic E-state index is 12.0. The Morgan fingerprint density at radius 3 is 2.23 bits per heavy atom. The van der Waals surface area contributed by atoms with Gasteiger partial charge >= 0.3 is 12.0 Å². The van der Waals surface area contributed by atoms with Gasteiger partial charge in [-0.05, 0) is 39.5 Å². The van der Waals surface area contributed by atoms with Gasteiger partial charge in [-0.2, -0.15) is 0 Å². The molecule has 1 saturated heterocycles. The van der Waals surface area contributed by atoms with Crippen LogP contribution >= 0.6 is 0 Å². The van der Waals surface area contributed by atoms with Crippen molar-refractivity contribution in [1.82, 2.24) is 15.5 Å². The van der Waals surface area contributed by atoms with Gasteiger partial charge in [-0.3, -0.25) is 9.59 Å². The molecule has 1 unspecified atom stereocenters. The lowest BCUT2D eigenvalue weighted by atomic mass is 9.86. The van der Waals surface area contributed by atoms with Gasteiger partial charge in [0.2, 0.25) is 5.91 Å². The fourth-order valence-electron chi connectivity index (χ4n) is 3.22. The summed E-state index contributed by atoms with van der Waals surface area (Å²) in [5, 5.41) is 14.7. The molecule has 1 aliphatic carbocycles. The number of carboxylic acid groups (broad SMARTS) is 1. The number of hydrogen-bond acceptors (Lipinski definition) is 3. The van der Waals surface area contributed by atoms with E-state index in [1.165, 1.54) is 0 Å². The van der Waals surface area contributed by atoms with Crippen LogP contribution in [0.3, 0.4) is 0 Å². The molecule has 22 heavy (non-hydrogen) atoms. The van der Waals surface area contributed by atoms with E-state index < -0.39 is 5.97 Å². The van der Waals surface area contributed by atoms with Crippen LogP contribution in [0.4, 0.5) is 4.79 Å². The minimum Gasteiger partial charge on any atom is -0.481 e. The van der Waals surface area contributed by atoms with Crippen LogP contribution in [0.15, 0.2) is 0 Å². The van der Waals surface area contributed by atoms with Crippen molar-refractivity contribution >= 4 is 17.9 Å². The van der Waals surface area contributed by atoms with Gasteiger partial charge in [0, 0.05) is 25.0 Å². The predicted octanol–water partition coefficient (Wildman–Crippen LogP) is 0.938. The van der Waals surface area contributed by atoms with Crippen molar-refractivity contribution < 1.29 is 19.5 Å². The number of carboxylic acids is 1. The van der Waals surface area contributed by atoms with Crippen LogP contribution in [0.25, 0.3) is 0 Å². The second-order valence-electron chi connectivity index (χ2n) is 6.55. The van der Waals surface area contributed by atoms with Gasteiger partial charge in [-0.25, -0.2) is 4.79 Å². The summed E-state index contributed by atoms with van der Waals surface area (Å²) in [6, 6.07) is -0.241. The molecular formula is C15H25N3O4. The van der Waals surface area contributed by atoms with E-state index in [0.29, 0.717) is 38.6 Å². The molecule has 7 heteroatoms. The number of aliphatic carboxylic acids is 1. The minimum atomic E-state index is -0.749. The van der Waals surface area contributed by atoms with Crippen LogP contribution in [0, 0.1) is 5.92 Å². The molecule has 7 nitrogen and oxygen atoms in total. The molecule has 1 aliphatic heterocycles. The first-order valence-corrected chi connectivity index (χ1v) is 7.96. The predicted molar refractivity (Wildman–Crippen MR) is 80.3 cm³/mol. The Labute approximate surface area is 130 Å². The van der Waals surface area contributed by atoms with Crippen molar-refractivity contribution in [3.63, 3.8) is 0 Å². The zero-order valence-corrected chi connectivity index (χ0v) is 13.2. The lowest BCUT2D eigenvalue weighted by Gasteiger charge is -2.27. The van der Waals surface area contributed by atoms with Crippen LogP contribution in [-0.4, -0.2) is 52.6 Å². The molecule has 0 radical (unpaired) electrons. The average Bonchev–Trinajstić information content (AvgIpc) is 2.80. The summed E-state index contributed by atoms with van der Waals surface area (Å²) in [7, 11) is 0. The van der Waals surface area contributed by atoms with Crippen molar-refractivity contribution in [2.75, 3.05) is 6.54 Å². The highest BCUT2D eigenvalue weighted by Crippen LogP contribution is 2.24. The van der Waals surface area contributed by atoms with Gasteiger partial charge < -0.3 is 20.6 Å². The van der Waals surface area contributed by atoms with Crippen LogP contribution in [0.2, 0.25) is 0 Å². The molecular weight excluding hydrogens is 286 g/mol. The third-order valence-corrected chi connectivity index (χ3v) is 4.53. The van der Waals surface area contributed by atoms with Crippen LogP contribution in [-0.2, 0) is 9.59 Å². The van der Waals surface area contributed by atoms with Crippen molar-refractivity contribution in [3.05, 3.63) is 0 Å². The first-order chi connectivity index (χ1) is 10.4. The maximum Gasteiger partial charge on any atom is 0.315 e. The Balaban J connectivity index is 1.73. The molecule has 0 bridgehead atoms. The Kier molecular flexibility index (Phi) is 5.26. The molecule has 1 heterocycles. The van der Waals surface area contributed by atoms with Crippen LogP contribution in [0.5, 0.6) is 0 Å². The first kappa shape index (κ1) is 16.6. The van der Waals surface area contributed by atoms with E-state index in [-0.39, 0.29) is 36.0 Å². The van der Waals surface area contributed by atoms with Gasteiger partial charge in [-0.1, -0.05) is 0 Å².